The second-order valence-corrected chi connectivity index (χ2v) is 4.09. The van der Waals surface area contributed by atoms with E-state index in [1.807, 2.05) is 12.1 Å². The Kier molecular flexibility index (Phi) is 6.25. The molecule has 0 heterocycles. The zero-order chi connectivity index (χ0) is 13.4. The number of carbonyl (C=O) groups is 1. The van der Waals surface area contributed by atoms with Crippen molar-refractivity contribution in [2.45, 2.75) is 6.42 Å². The number of hydrogen-bond donors (Lipinski definition) is 2. The number of benzene rings is 1. The maximum Gasteiger partial charge on any atom is 0.328 e. The fourth-order valence-corrected chi connectivity index (χ4v) is 1.71. The van der Waals surface area contributed by atoms with E-state index in [9.17, 15) is 4.79 Å². The van der Waals surface area contributed by atoms with Crippen LogP contribution in [0.15, 0.2) is 30.4 Å². The number of nitrogens with one attached hydrogen (secondary N) is 1. The van der Waals surface area contributed by atoms with E-state index >= 15 is 0 Å². The van der Waals surface area contributed by atoms with Crippen molar-refractivity contribution in [3.8, 4) is 5.75 Å². The predicted molar refractivity (Wildman–Crippen MR) is 71.4 cm³/mol. The molecule has 0 saturated heterocycles. The number of methoxy groups -OCH3 is 1. The Morgan fingerprint density at radius 2 is 2.33 bits per heavy atom. The quantitative estimate of drug-likeness (QED) is 0.588. The van der Waals surface area contributed by atoms with Gasteiger partial charge in [-0.2, -0.15) is 0 Å². The van der Waals surface area contributed by atoms with Crippen molar-refractivity contribution >= 4 is 17.6 Å². The van der Waals surface area contributed by atoms with Gasteiger partial charge in [0.15, 0.2) is 0 Å². The number of hydrogen-bond acceptors (Lipinski definition) is 3. The SMILES string of the molecule is COc1ccc(Cl)cc1CCNC/C=C/C(=O)O. The molecule has 4 nitrogen and oxygen atoms in total. The number of carboxylic acid groups (broad SMARTS) is 1. The molecule has 1 aromatic carbocycles. The van der Waals surface area contributed by atoms with Gasteiger partial charge in [0.05, 0.1) is 7.11 Å². The lowest BCUT2D eigenvalue weighted by Gasteiger charge is -2.09. The van der Waals surface area contributed by atoms with Gasteiger partial charge in [0.2, 0.25) is 0 Å². The minimum atomic E-state index is -0.937. The third-order valence-electron chi connectivity index (χ3n) is 2.34. The first-order valence-electron chi connectivity index (χ1n) is 5.56. The van der Waals surface area contributed by atoms with Crippen molar-refractivity contribution in [3.63, 3.8) is 0 Å². The van der Waals surface area contributed by atoms with Gasteiger partial charge >= 0.3 is 5.97 Å². The minimum absolute atomic E-state index is 0.523. The van der Waals surface area contributed by atoms with Gasteiger partial charge in [0.1, 0.15) is 5.75 Å². The summed E-state index contributed by atoms with van der Waals surface area (Å²) in [4.78, 5) is 10.2. The van der Waals surface area contributed by atoms with E-state index in [4.69, 9.17) is 21.4 Å². The summed E-state index contributed by atoms with van der Waals surface area (Å²) >= 11 is 5.92. The largest absolute Gasteiger partial charge is 0.496 e. The van der Waals surface area contributed by atoms with Crippen LogP contribution >= 0.6 is 11.6 Å². The number of halogens is 1. The first-order valence-corrected chi connectivity index (χ1v) is 5.94. The fraction of sp³-hybridized carbons (Fsp3) is 0.308. The lowest BCUT2D eigenvalue weighted by atomic mass is 10.1. The van der Waals surface area contributed by atoms with Crippen LogP contribution in [0.25, 0.3) is 0 Å². The van der Waals surface area contributed by atoms with Crippen LogP contribution in [0.3, 0.4) is 0 Å². The van der Waals surface area contributed by atoms with Crippen molar-refractivity contribution in [2.24, 2.45) is 0 Å². The summed E-state index contributed by atoms with van der Waals surface area (Å²) in [6.45, 7) is 1.25. The van der Waals surface area contributed by atoms with Crippen molar-refractivity contribution in [1.29, 1.82) is 0 Å². The Hall–Kier alpha value is -1.52. The van der Waals surface area contributed by atoms with Crippen LogP contribution in [0.4, 0.5) is 0 Å². The zero-order valence-corrected chi connectivity index (χ0v) is 10.9. The van der Waals surface area contributed by atoms with Crippen molar-refractivity contribution in [3.05, 3.63) is 40.9 Å². The molecular weight excluding hydrogens is 254 g/mol. The van der Waals surface area contributed by atoms with Gasteiger partial charge in [0, 0.05) is 17.6 Å². The topological polar surface area (TPSA) is 58.6 Å². The maximum atomic E-state index is 10.2. The molecule has 1 aromatic rings. The Bertz CT molecular complexity index is 432. The molecule has 0 saturated carbocycles. The van der Waals surface area contributed by atoms with Crippen LogP contribution in [0.1, 0.15) is 5.56 Å². The molecule has 0 unspecified atom stereocenters. The molecular formula is C13H16ClNO3. The van der Waals surface area contributed by atoms with Crippen LogP contribution in [0, 0.1) is 0 Å². The first kappa shape index (κ1) is 14.5. The molecule has 0 aliphatic heterocycles. The molecule has 0 bridgehead atoms. The Labute approximate surface area is 111 Å². The number of carboxylic acids is 1. The molecule has 0 spiro atoms. The number of aliphatic carboxylic acids is 1. The second-order valence-electron chi connectivity index (χ2n) is 3.65. The summed E-state index contributed by atoms with van der Waals surface area (Å²) < 4.78 is 5.23. The van der Waals surface area contributed by atoms with E-state index in [2.05, 4.69) is 5.32 Å². The van der Waals surface area contributed by atoms with Gasteiger partial charge in [-0.05, 0) is 36.7 Å². The second kappa shape index (κ2) is 7.74. The lowest BCUT2D eigenvalue weighted by molar-refractivity contribution is -0.131. The predicted octanol–water partition coefficient (Wildman–Crippen LogP) is 2.12. The highest BCUT2D eigenvalue weighted by atomic mass is 35.5. The van der Waals surface area contributed by atoms with Crippen LogP contribution < -0.4 is 10.1 Å². The normalized spacial score (nSPS) is 10.8. The van der Waals surface area contributed by atoms with E-state index in [-0.39, 0.29) is 0 Å². The summed E-state index contributed by atoms with van der Waals surface area (Å²) in [6, 6.07) is 5.49. The van der Waals surface area contributed by atoms with E-state index < -0.39 is 5.97 Å². The minimum Gasteiger partial charge on any atom is -0.496 e. The molecule has 1 rings (SSSR count). The number of rotatable bonds is 7. The molecule has 0 aliphatic carbocycles. The van der Waals surface area contributed by atoms with Crippen LogP contribution in [0.2, 0.25) is 5.02 Å². The molecule has 0 atom stereocenters. The summed E-state index contributed by atoms with van der Waals surface area (Å²) in [5.74, 6) is -0.129. The first-order chi connectivity index (χ1) is 8.63. The summed E-state index contributed by atoms with van der Waals surface area (Å²) in [5, 5.41) is 12.2. The number of ether oxygens (including phenoxy) is 1. The molecule has 98 valence electrons. The van der Waals surface area contributed by atoms with Gasteiger partial charge in [-0.1, -0.05) is 17.7 Å². The molecule has 18 heavy (non-hydrogen) atoms. The maximum absolute atomic E-state index is 10.2. The average molecular weight is 270 g/mol. The molecule has 0 aromatic heterocycles. The van der Waals surface area contributed by atoms with E-state index in [0.717, 1.165) is 30.4 Å². The molecule has 2 N–H and O–H groups in total. The highest BCUT2D eigenvalue weighted by Crippen LogP contribution is 2.22. The van der Waals surface area contributed by atoms with E-state index in [0.29, 0.717) is 11.6 Å². The van der Waals surface area contributed by atoms with E-state index in [1.165, 1.54) is 0 Å². The van der Waals surface area contributed by atoms with Gasteiger partial charge < -0.3 is 15.2 Å². The zero-order valence-electron chi connectivity index (χ0n) is 10.1. The molecule has 0 amide bonds. The highest BCUT2D eigenvalue weighted by molar-refractivity contribution is 6.30. The monoisotopic (exact) mass is 269 g/mol. The standard InChI is InChI=1S/C13H16ClNO3/c1-18-12-5-4-11(14)9-10(12)6-8-15-7-2-3-13(16)17/h2-5,9,15H,6-8H2,1H3,(H,16,17)/b3-2+. The smallest absolute Gasteiger partial charge is 0.328 e. The van der Waals surface area contributed by atoms with Crippen LogP contribution in [-0.4, -0.2) is 31.3 Å². The van der Waals surface area contributed by atoms with Crippen molar-refractivity contribution < 1.29 is 14.6 Å². The fourth-order valence-electron chi connectivity index (χ4n) is 1.51. The Morgan fingerprint density at radius 3 is 3.00 bits per heavy atom. The van der Waals surface area contributed by atoms with Gasteiger partial charge in [-0.15, -0.1) is 0 Å². The summed E-state index contributed by atoms with van der Waals surface area (Å²) in [7, 11) is 1.62. The summed E-state index contributed by atoms with van der Waals surface area (Å²) in [5.41, 5.74) is 1.03. The van der Waals surface area contributed by atoms with Gasteiger partial charge in [-0.25, -0.2) is 4.79 Å². The van der Waals surface area contributed by atoms with Gasteiger partial charge in [0.25, 0.3) is 0 Å². The summed E-state index contributed by atoms with van der Waals surface area (Å²) in [6.07, 6.45) is 3.45. The highest BCUT2D eigenvalue weighted by Gasteiger charge is 2.02. The molecule has 0 radical (unpaired) electrons. The van der Waals surface area contributed by atoms with Crippen LogP contribution in [-0.2, 0) is 11.2 Å². The lowest BCUT2D eigenvalue weighted by Crippen LogP contribution is -2.17. The third-order valence-corrected chi connectivity index (χ3v) is 2.57. The van der Waals surface area contributed by atoms with Gasteiger partial charge in [-0.3, -0.25) is 0 Å². The van der Waals surface area contributed by atoms with Crippen molar-refractivity contribution in [2.75, 3.05) is 20.2 Å². The molecule has 0 fully saturated rings. The molecule has 0 aliphatic rings. The average Bonchev–Trinajstić information content (AvgIpc) is 2.33. The van der Waals surface area contributed by atoms with Crippen molar-refractivity contribution in [1.82, 2.24) is 5.32 Å². The van der Waals surface area contributed by atoms with E-state index in [1.54, 1.807) is 19.3 Å². The third kappa shape index (κ3) is 5.21. The molecule has 5 heteroatoms. The Balaban J connectivity index is 2.39. The Morgan fingerprint density at radius 1 is 1.56 bits per heavy atom. The van der Waals surface area contributed by atoms with Crippen LogP contribution in [0.5, 0.6) is 5.75 Å².